The molecule has 2 rings (SSSR count). The maximum absolute atomic E-state index is 10.2. The first-order valence-corrected chi connectivity index (χ1v) is 9.54. The number of aliphatic hydroxyl groups is 2. The molecule has 0 saturated carbocycles. The van der Waals surface area contributed by atoms with Crippen LogP contribution in [0, 0.1) is 5.92 Å². The number of allylic oxidation sites excluding steroid dienone is 1. The molecule has 4 unspecified atom stereocenters. The molecule has 4 heteroatoms. The topological polar surface area (TPSA) is 58.9 Å². The van der Waals surface area contributed by atoms with E-state index in [0.717, 1.165) is 38.5 Å². The summed E-state index contributed by atoms with van der Waals surface area (Å²) < 4.78 is 12.5. The van der Waals surface area contributed by atoms with Crippen molar-refractivity contribution in [1.29, 1.82) is 0 Å². The summed E-state index contributed by atoms with van der Waals surface area (Å²) in [6, 6.07) is 0. The zero-order valence-electron chi connectivity index (χ0n) is 15.9. The van der Waals surface area contributed by atoms with E-state index in [4.69, 9.17) is 9.47 Å². The Morgan fingerprint density at radius 2 is 2.08 bits per heavy atom. The Bertz CT molecular complexity index is 431. The molecular weight excluding hydrogens is 304 g/mol. The largest absolute Gasteiger partial charge is 0.396 e. The van der Waals surface area contributed by atoms with E-state index < -0.39 is 0 Å². The molecule has 0 aromatic carbocycles. The summed E-state index contributed by atoms with van der Waals surface area (Å²) in [5, 5.41) is 19.5. The van der Waals surface area contributed by atoms with Crippen LogP contribution in [0.3, 0.4) is 0 Å². The van der Waals surface area contributed by atoms with Crippen LogP contribution in [-0.2, 0) is 9.47 Å². The Labute approximate surface area is 147 Å². The van der Waals surface area contributed by atoms with Gasteiger partial charge in [-0.3, -0.25) is 0 Å². The van der Waals surface area contributed by atoms with Gasteiger partial charge in [-0.1, -0.05) is 25.0 Å². The lowest BCUT2D eigenvalue weighted by Crippen LogP contribution is -2.52. The average molecular weight is 341 g/mol. The van der Waals surface area contributed by atoms with Crippen LogP contribution in [0.1, 0.15) is 72.6 Å². The van der Waals surface area contributed by atoms with Crippen molar-refractivity contribution < 1.29 is 19.7 Å². The van der Waals surface area contributed by atoms with Crippen LogP contribution in [0.15, 0.2) is 11.6 Å². The molecule has 0 aromatic rings. The van der Waals surface area contributed by atoms with Gasteiger partial charge in [-0.15, -0.1) is 0 Å². The first kappa shape index (κ1) is 19.9. The molecule has 2 saturated heterocycles. The minimum absolute atomic E-state index is 0.142. The van der Waals surface area contributed by atoms with Crippen molar-refractivity contribution in [3.63, 3.8) is 0 Å². The maximum Gasteiger partial charge on any atom is 0.0943 e. The van der Waals surface area contributed by atoms with Gasteiger partial charge >= 0.3 is 0 Å². The zero-order chi connectivity index (χ0) is 17.8. The molecule has 2 fully saturated rings. The molecular formula is C20H36O4. The summed E-state index contributed by atoms with van der Waals surface area (Å²) in [5.74, 6) is 0.297. The van der Waals surface area contributed by atoms with Crippen LogP contribution >= 0.6 is 0 Å². The molecule has 0 aliphatic carbocycles. The van der Waals surface area contributed by atoms with Crippen molar-refractivity contribution in [1.82, 2.24) is 0 Å². The Kier molecular flexibility index (Phi) is 6.89. The van der Waals surface area contributed by atoms with E-state index in [-0.39, 0.29) is 30.0 Å². The first-order valence-electron chi connectivity index (χ1n) is 9.54. The number of hydrogen-bond donors (Lipinski definition) is 2. The van der Waals surface area contributed by atoms with Crippen molar-refractivity contribution in [2.24, 2.45) is 5.92 Å². The molecule has 24 heavy (non-hydrogen) atoms. The fraction of sp³-hybridized carbons (Fsp3) is 0.900. The van der Waals surface area contributed by atoms with Gasteiger partial charge in [-0.2, -0.15) is 0 Å². The second-order valence-electron chi connectivity index (χ2n) is 8.36. The molecule has 2 aliphatic heterocycles. The normalized spacial score (nSPS) is 34.8. The third-order valence-electron chi connectivity index (χ3n) is 5.92. The molecule has 2 N–H and O–H groups in total. The van der Waals surface area contributed by atoms with Gasteiger partial charge in [0.15, 0.2) is 0 Å². The lowest BCUT2D eigenvalue weighted by Gasteiger charge is -2.44. The molecule has 4 nitrogen and oxygen atoms in total. The van der Waals surface area contributed by atoms with Crippen molar-refractivity contribution in [3.05, 3.63) is 11.6 Å². The van der Waals surface area contributed by atoms with Gasteiger partial charge in [-0.25, -0.2) is 0 Å². The SMILES string of the molecule is CC(C)=CCC(O)C(C)CCCC1(C)OC[C@]2(CCO)CCC1O2. The van der Waals surface area contributed by atoms with E-state index in [9.17, 15) is 10.2 Å². The summed E-state index contributed by atoms with van der Waals surface area (Å²) in [4.78, 5) is 0. The van der Waals surface area contributed by atoms with Crippen LogP contribution in [0.25, 0.3) is 0 Å². The highest BCUT2D eigenvalue weighted by Crippen LogP contribution is 2.46. The molecule has 2 aliphatic rings. The smallest absolute Gasteiger partial charge is 0.0943 e. The average Bonchev–Trinajstić information content (AvgIpc) is 2.91. The second-order valence-corrected chi connectivity index (χ2v) is 8.36. The molecule has 0 radical (unpaired) electrons. The van der Waals surface area contributed by atoms with Gasteiger partial charge in [0, 0.05) is 13.0 Å². The molecule has 140 valence electrons. The third kappa shape index (κ3) is 4.81. The first-order chi connectivity index (χ1) is 11.3. The highest BCUT2D eigenvalue weighted by Gasteiger charge is 2.53. The molecule has 0 amide bonds. The van der Waals surface area contributed by atoms with Gasteiger partial charge in [-0.05, 0) is 58.8 Å². The van der Waals surface area contributed by atoms with Gasteiger partial charge in [0.05, 0.1) is 30.0 Å². The minimum atomic E-state index is -0.264. The van der Waals surface area contributed by atoms with Gasteiger partial charge in [0.25, 0.3) is 0 Å². The fourth-order valence-electron chi connectivity index (χ4n) is 3.99. The third-order valence-corrected chi connectivity index (χ3v) is 5.92. The van der Waals surface area contributed by atoms with Crippen molar-refractivity contribution in [2.45, 2.75) is 96.1 Å². The highest BCUT2D eigenvalue weighted by atomic mass is 16.6. The molecule has 2 heterocycles. The summed E-state index contributed by atoms with van der Waals surface area (Å²) >= 11 is 0. The quantitative estimate of drug-likeness (QED) is 0.630. The Hall–Kier alpha value is -0.420. The van der Waals surface area contributed by atoms with Crippen molar-refractivity contribution in [3.8, 4) is 0 Å². The van der Waals surface area contributed by atoms with Crippen LogP contribution in [0.2, 0.25) is 0 Å². The Morgan fingerprint density at radius 3 is 2.75 bits per heavy atom. The number of fused-ring (bicyclic) bond motifs is 2. The van der Waals surface area contributed by atoms with Gasteiger partial charge < -0.3 is 19.7 Å². The van der Waals surface area contributed by atoms with Gasteiger partial charge in [0.1, 0.15) is 0 Å². The monoisotopic (exact) mass is 340 g/mol. The van der Waals surface area contributed by atoms with Crippen molar-refractivity contribution in [2.75, 3.05) is 13.2 Å². The van der Waals surface area contributed by atoms with E-state index in [1.165, 1.54) is 5.57 Å². The molecule has 0 aromatic heterocycles. The van der Waals surface area contributed by atoms with Crippen LogP contribution < -0.4 is 0 Å². The number of hydrogen-bond acceptors (Lipinski definition) is 4. The summed E-state index contributed by atoms with van der Waals surface area (Å²) in [6.45, 7) is 9.18. The van der Waals surface area contributed by atoms with E-state index >= 15 is 0 Å². The Balaban J connectivity index is 1.77. The van der Waals surface area contributed by atoms with E-state index in [0.29, 0.717) is 18.9 Å². The van der Waals surface area contributed by atoms with Crippen LogP contribution in [-0.4, -0.2) is 46.8 Å². The number of ether oxygens (including phenoxy) is 2. The molecule has 2 bridgehead atoms. The summed E-state index contributed by atoms with van der Waals surface area (Å²) in [7, 11) is 0. The zero-order valence-corrected chi connectivity index (χ0v) is 15.9. The van der Waals surface area contributed by atoms with E-state index in [1.54, 1.807) is 0 Å². The predicted octanol–water partition coefficient (Wildman–Crippen LogP) is 3.60. The number of aliphatic hydroxyl groups excluding tert-OH is 2. The van der Waals surface area contributed by atoms with Crippen molar-refractivity contribution >= 4 is 0 Å². The van der Waals surface area contributed by atoms with Gasteiger partial charge in [0.2, 0.25) is 0 Å². The van der Waals surface area contributed by atoms with Crippen LogP contribution in [0.4, 0.5) is 0 Å². The fourth-order valence-corrected chi connectivity index (χ4v) is 3.99. The van der Waals surface area contributed by atoms with E-state index in [1.807, 2.05) is 0 Å². The second kappa shape index (κ2) is 8.31. The molecule has 5 atom stereocenters. The summed E-state index contributed by atoms with van der Waals surface area (Å²) in [6.07, 6.45) is 8.43. The molecule has 0 spiro atoms. The highest BCUT2D eigenvalue weighted by molar-refractivity contribution is 5.01. The van der Waals surface area contributed by atoms with Crippen LogP contribution in [0.5, 0.6) is 0 Å². The standard InChI is InChI=1S/C20H36O4/c1-15(2)7-8-17(22)16(3)6-5-10-19(4)18-9-11-20(24-18,12-13-21)14-23-19/h7,16-18,21-22H,5-6,8-14H2,1-4H3/t16?,17?,18?,19?,20-/m1/s1. The maximum atomic E-state index is 10.2. The predicted molar refractivity (Wildman–Crippen MR) is 96.0 cm³/mol. The Morgan fingerprint density at radius 1 is 1.33 bits per heavy atom. The lowest BCUT2D eigenvalue weighted by molar-refractivity contribution is -0.243. The number of rotatable bonds is 9. The summed E-state index contributed by atoms with van der Waals surface area (Å²) in [5.41, 5.74) is 0.793. The minimum Gasteiger partial charge on any atom is -0.396 e. The van der Waals surface area contributed by atoms with E-state index in [2.05, 4.69) is 33.8 Å². The lowest BCUT2D eigenvalue weighted by atomic mass is 9.87.